The molecule has 0 unspecified atom stereocenters. The third kappa shape index (κ3) is 5.65. The quantitative estimate of drug-likeness (QED) is 0.573. The lowest BCUT2D eigenvalue weighted by atomic mass is 10.2. The van der Waals surface area contributed by atoms with Crippen molar-refractivity contribution in [2.45, 2.75) is 31.3 Å². The summed E-state index contributed by atoms with van der Waals surface area (Å²) in [4.78, 5) is 2.09. The number of benzene rings is 2. The molecule has 0 amide bonds. The normalized spacial score (nSPS) is 12.5. The molecular weight excluding hydrogens is 338 g/mol. The van der Waals surface area contributed by atoms with Gasteiger partial charge in [0.1, 0.15) is 0 Å². The van der Waals surface area contributed by atoms with Gasteiger partial charge in [-0.1, -0.05) is 0 Å². The zero-order chi connectivity index (χ0) is 18.7. The van der Waals surface area contributed by atoms with Crippen molar-refractivity contribution in [1.82, 2.24) is 0 Å². The predicted octanol–water partition coefficient (Wildman–Crippen LogP) is 4.67. The minimum absolute atomic E-state index is 0.0942. The maximum Gasteiger partial charge on any atom is 0.297 e. The zero-order valence-electron chi connectivity index (χ0n) is 15.1. The highest BCUT2D eigenvalue weighted by molar-refractivity contribution is 7.86. The summed E-state index contributed by atoms with van der Waals surface area (Å²) < 4.78 is 29.4. The highest BCUT2D eigenvalue weighted by Gasteiger charge is 2.23. The van der Waals surface area contributed by atoms with E-state index in [0.717, 1.165) is 11.4 Å². The van der Waals surface area contributed by atoms with Gasteiger partial charge in [0, 0.05) is 19.8 Å². The topological polar surface area (TPSA) is 71.3 Å². The first-order valence-corrected chi connectivity index (χ1v) is 9.22. The van der Waals surface area contributed by atoms with E-state index in [1.807, 2.05) is 43.3 Å². The van der Waals surface area contributed by atoms with Gasteiger partial charge in [-0.3, -0.25) is 4.18 Å². The van der Waals surface area contributed by atoms with Gasteiger partial charge in [-0.05, 0) is 69.3 Å². The van der Waals surface area contributed by atoms with Gasteiger partial charge in [0.05, 0.1) is 21.9 Å². The Morgan fingerprint density at radius 1 is 0.840 bits per heavy atom. The summed E-state index contributed by atoms with van der Waals surface area (Å²) in [5.41, 5.74) is 1.58. The molecule has 6 nitrogen and oxygen atoms in total. The minimum Gasteiger partial charge on any atom is -0.378 e. The van der Waals surface area contributed by atoms with Gasteiger partial charge in [-0.25, -0.2) is 0 Å². The first-order chi connectivity index (χ1) is 11.6. The van der Waals surface area contributed by atoms with Crippen LogP contribution in [0.4, 0.5) is 17.1 Å². The summed E-state index contributed by atoms with van der Waals surface area (Å²) in [6.45, 7) is 5.07. The molecule has 2 aromatic rings. The lowest BCUT2D eigenvalue weighted by Gasteiger charge is -2.18. The Labute approximate surface area is 149 Å². The predicted molar refractivity (Wildman–Crippen MR) is 99.4 cm³/mol. The van der Waals surface area contributed by atoms with Gasteiger partial charge in [0.15, 0.2) is 0 Å². The van der Waals surface area contributed by atoms with Crippen LogP contribution in [0.25, 0.3) is 0 Å². The van der Waals surface area contributed by atoms with Crippen molar-refractivity contribution in [1.29, 1.82) is 0 Å². The maximum atomic E-state index is 12.1. The van der Waals surface area contributed by atoms with Crippen LogP contribution in [0.2, 0.25) is 0 Å². The number of hydrogen-bond acceptors (Lipinski definition) is 6. The van der Waals surface area contributed by atoms with Crippen molar-refractivity contribution in [2.24, 2.45) is 10.2 Å². The van der Waals surface area contributed by atoms with E-state index in [1.165, 1.54) is 12.1 Å². The lowest BCUT2D eigenvalue weighted by molar-refractivity contribution is 0.139. The maximum absolute atomic E-state index is 12.1. The molecule has 0 aromatic heterocycles. The highest BCUT2D eigenvalue weighted by Crippen LogP contribution is 2.24. The van der Waals surface area contributed by atoms with Crippen molar-refractivity contribution in [3.63, 3.8) is 0 Å². The fraction of sp³-hybridized carbons (Fsp3) is 0.333. The van der Waals surface area contributed by atoms with Crippen LogP contribution in [0.3, 0.4) is 0 Å². The summed E-state index contributed by atoms with van der Waals surface area (Å²) in [5, 5.41) is 8.28. The fourth-order valence-electron chi connectivity index (χ4n) is 1.99. The lowest BCUT2D eigenvalue weighted by Crippen LogP contribution is -2.24. The SMILES string of the molecule is CN(C)c1ccc(/N=N/c2ccc(S(=O)(=O)OC(C)(C)C)cc2)cc1. The Kier molecular flexibility index (Phi) is 5.59. The smallest absolute Gasteiger partial charge is 0.297 e. The molecule has 0 bridgehead atoms. The van der Waals surface area contributed by atoms with Crippen molar-refractivity contribution in [3.8, 4) is 0 Å². The van der Waals surface area contributed by atoms with E-state index in [2.05, 4.69) is 10.2 Å². The standard InChI is InChI=1S/C18H23N3O3S/c1-18(2,3)24-25(22,23)17-12-8-15(9-13-17)20-19-14-6-10-16(11-7-14)21(4)5/h6-13H,1-5H3/b20-19+. The van der Waals surface area contributed by atoms with E-state index < -0.39 is 15.7 Å². The first-order valence-electron chi connectivity index (χ1n) is 7.82. The van der Waals surface area contributed by atoms with Crippen LogP contribution in [-0.4, -0.2) is 28.1 Å². The molecule has 25 heavy (non-hydrogen) atoms. The van der Waals surface area contributed by atoms with Gasteiger partial charge < -0.3 is 4.90 Å². The molecule has 0 aliphatic rings. The number of anilines is 1. The molecule has 2 rings (SSSR count). The molecular formula is C18H23N3O3S. The van der Waals surface area contributed by atoms with E-state index in [4.69, 9.17) is 4.18 Å². The Morgan fingerprint density at radius 2 is 1.28 bits per heavy atom. The molecule has 2 aromatic carbocycles. The number of azo groups is 1. The second kappa shape index (κ2) is 7.33. The minimum atomic E-state index is -3.79. The Bertz CT molecular complexity index is 835. The molecule has 0 saturated carbocycles. The van der Waals surface area contributed by atoms with Crippen molar-refractivity contribution < 1.29 is 12.6 Å². The Morgan fingerprint density at radius 3 is 1.68 bits per heavy atom. The van der Waals surface area contributed by atoms with E-state index >= 15 is 0 Å². The van der Waals surface area contributed by atoms with Crippen molar-refractivity contribution in [2.75, 3.05) is 19.0 Å². The van der Waals surface area contributed by atoms with Gasteiger partial charge in [-0.2, -0.15) is 18.6 Å². The molecule has 0 radical (unpaired) electrons. The third-order valence-corrected chi connectivity index (χ3v) is 4.70. The molecule has 0 saturated heterocycles. The molecule has 0 fully saturated rings. The summed E-state index contributed by atoms with van der Waals surface area (Å²) in [7, 11) is 0.144. The van der Waals surface area contributed by atoms with Gasteiger partial charge >= 0.3 is 0 Å². The first kappa shape index (κ1) is 19.1. The van der Waals surface area contributed by atoms with Crippen molar-refractivity contribution in [3.05, 3.63) is 48.5 Å². The summed E-state index contributed by atoms with van der Waals surface area (Å²) in [6.07, 6.45) is 0. The number of rotatable bonds is 5. The third-order valence-electron chi connectivity index (χ3n) is 3.13. The van der Waals surface area contributed by atoms with Gasteiger partial charge in [0.2, 0.25) is 0 Å². The molecule has 134 valence electrons. The second-order valence-corrected chi connectivity index (χ2v) is 8.30. The summed E-state index contributed by atoms with van der Waals surface area (Å²) in [6, 6.07) is 13.8. The average molecular weight is 361 g/mol. The average Bonchev–Trinajstić information content (AvgIpc) is 2.51. The molecule has 0 aliphatic carbocycles. The molecule has 0 aliphatic heterocycles. The summed E-state index contributed by atoms with van der Waals surface area (Å²) in [5.74, 6) is 0. The van der Waals surface area contributed by atoms with E-state index in [0.29, 0.717) is 5.69 Å². The fourth-order valence-corrected chi connectivity index (χ4v) is 3.21. The molecule has 0 spiro atoms. The zero-order valence-corrected chi connectivity index (χ0v) is 15.9. The van der Waals surface area contributed by atoms with Crippen LogP contribution in [0.15, 0.2) is 63.7 Å². The molecule has 0 heterocycles. The van der Waals surface area contributed by atoms with Crippen LogP contribution in [-0.2, 0) is 14.3 Å². The van der Waals surface area contributed by atoms with Crippen molar-refractivity contribution >= 4 is 27.2 Å². The Balaban J connectivity index is 2.12. The number of hydrogen-bond donors (Lipinski definition) is 0. The van der Waals surface area contributed by atoms with Gasteiger partial charge in [-0.15, -0.1) is 0 Å². The largest absolute Gasteiger partial charge is 0.378 e. The van der Waals surface area contributed by atoms with E-state index in [-0.39, 0.29) is 4.90 Å². The summed E-state index contributed by atoms with van der Waals surface area (Å²) >= 11 is 0. The van der Waals surface area contributed by atoms with Gasteiger partial charge in [0.25, 0.3) is 10.1 Å². The molecule has 0 N–H and O–H groups in total. The Hall–Kier alpha value is -2.25. The van der Waals surface area contributed by atoms with E-state index in [1.54, 1.807) is 32.9 Å². The monoisotopic (exact) mass is 361 g/mol. The van der Waals surface area contributed by atoms with E-state index in [9.17, 15) is 8.42 Å². The second-order valence-electron chi connectivity index (χ2n) is 6.75. The van der Waals surface area contributed by atoms with Crippen LogP contribution < -0.4 is 4.90 Å². The number of nitrogens with zero attached hydrogens (tertiary/aromatic N) is 3. The van der Waals surface area contributed by atoms with Crippen LogP contribution in [0.5, 0.6) is 0 Å². The van der Waals surface area contributed by atoms with Crippen LogP contribution in [0, 0.1) is 0 Å². The molecule has 0 atom stereocenters. The highest BCUT2D eigenvalue weighted by atomic mass is 32.2. The van der Waals surface area contributed by atoms with Crippen LogP contribution in [0.1, 0.15) is 20.8 Å². The molecule has 7 heteroatoms. The van der Waals surface area contributed by atoms with Crippen LogP contribution >= 0.6 is 0 Å².